The van der Waals surface area contributed by atoms with Crippen molar-refractivity contribution >= 4 is 28.7 Å². The molecule has 0 spiro atoms. The molecule has 94 valence electrons. The molecule has 5 nitrogen and oxygen atoms in total. The molecule has 0 radical (unpaired) electrons. The van der Waals surface area contributed by atoms with E-state index in [-0.39, 0.29) is 5.56 Å². The van der Waals surface area contributed by atoms with Gasteiger partial charge in [0.1, 0.15) is 0 Å². The number of nitrogens with zero attached hydrogens (tertiary/aromatic N) is 1. The largest absolute Gasteiger partial charge is 0.478 e. The first-order chi connectivity index (χ1) is 8.66. The zero-order valence-electron chi connectivity index (χ0n) is 9.59. The fraction of sp³-hybridized carbons (Fsp3) is 0.167. The number of thiazole rings is 1. The van der Waals surface area contributed by atoms with E-state index in [9.17, 15) is 4.79 Å². The van der Waals surface area contributed by atoms with Crippen LogP contribution in [0.1, 0.15) is 15.4 Å². The monoisotopic (exact) mass is 263 g/mol. The average Bonchev–Trinajstić information content (AvgIpc) is 2.84. The van der Waals surface area contributed by atoms with Gasteiger partial charge in [0.2, 0.25) is 0 Å². The van der Waals surface area contributed by atoms with Crippen LogP contribution in [-0.2, 0) is 6.42 Å². The number of hydrogen-bond acceptors (Lipinski definition) is 5. The highest BCUT2D eigenvalue weighted by atomic mass is 32.1. The molecule has 0 saturated carbocycles. The van der Waals surface area contributed by atoms with Gasteiger partial charge in [0.25, 0.3) is 0 Å². The summed E-state index contributed by atoms with van der Waals surface area (Å²) in [4.78, 5) is 14.9. The minimum Gasteiger partial charge on any atom is -0.478 e. The van der Waals surface area contributed by atoms with Crippen LogP contribution in [0.2, 0.25) is 0 Å². The lowest BCUT2D eigenvalue weighted by Crippen LogP contribution is -2.07. The maximum Gasteiger partial charge on any atom is 0.335 e. The Hall–Kier alpha value is -2.08. The van der Waals surface area contributed by atoms with Crippen LogP contribution in [0.5, 0.6) is 0 Å². The Kier molecular flexibility index (Phi) is 3.78. The number of rotatable bonds is 5. The lowest BCUT2D eigenvalue weighted by atomic mass is 10.1. The van der Waals surface area contributed by atoms with Crippen molar-refractivity contribution in [3.63, 3.8) is 0 Å². The normalized spacial score (nSPS) is 10.2. The van der Waals surface area contributed by atoms with E-state index in [2.05, 4.69) is 10.3 Å². The van der Waals surface area contributed by atoms with E-state index in [1.165, 1.54) is 12.1 Å². The van der Waals surface area contributed by atoms with E-state index >= 15 is 0 Å². The zero-order valence-corrected chi connectivity index (χ0v) is 10.4. The molecule has 4 N–H and O–H groups in total. The van der Waals surface area contributed by atoms with Crippen molar-refractivity contribution in [2.75, 3.05) is 17.6 Å². The van der Waals surface area contributed by atoms with Crippen molar-refractivity contribution in [1.82, 2.24) is 4.98 Å². The Morgan fingerprint density at radius 1 is 1.50 bits per heavy atom. The first-order valence-electron chi connectivity index (χ1n) is 5.42. The molecule has 0 aliphatic carbocycles. The Balaban J connectivity index is 1.95. The molecule has 2 aromatic rings. The van der Waals surface area contributed by atoms with Gasteiger partial charge in [-0.2, -0.15) is 0 Å². The van der Waals surface area contributed by atoms with Gasteiger partial charge in [-0.3, -0.25) is 0 Å². The molecule has 1 heterocycles. The number of hydrogen-bond donors (Lipinski definition) is 3. The van der Waals surface area contributed by atoms with Crippen LogP contribution in [0.4, 0.5) is 11.4 Å². The van der Waals surface area contributed by atoms with Crippen LogP contribution in [-0.4, -0.2) is 22.6 Å². The van der Waals surface area contributed by atoms with E-state index in [1.807, 2.05) is 5.38 Å². The van der Waals surface area contributed by atoms with E-state index in [4.69, 9.17) is 10.8 Å². The zero-order chi connectivity index (χ0) is 13.0. The summed E-state index contributed by atoms with van der Waals surface area (Å²) in [5.41, 5.74) is 7.16. The van der Waals surface area contributed by atoms with Crippen LogP contribution in [0.25, 0.3) is 0 Å². The number of nitrogen functional groups attached to an aromatic ring is 1. The molecule has 0 unspecified atom stereocenters. The first-order valence-corrected chi connectivity index (χ1v) is 6.30. The third-order valence-electron chi connectivity index (χ3n) is 2.44. The van der Waals surface area contributed by atoms with Gasteiger partial charge in [-0.1, -0.05) is 0 Å². The number of aromatic nitrogens is 1. The molecule has 0 atom stereocenters. The molecule has 1 aromatic carbocycles. The highest BCUT2D eigenvalue weighted by molar-refractivity contribution is 7.09. The minimum atomic E-state index is -0.976. The molecule has 0 saturated heterocycles. The number of carboxylic acids is 1. The molecule has 0 aliphatic rings. The number of benzene rings is 1. The molecule has 0 aliphatic heterocycles. The molecule has 6 heteroatoms. The molecule has 0 bridgehead atoms. The number of nitrogens with two attached hydrogens (primary N) is 1. The van der Waals surface area contributed by atoms with Crippen molar-refractivity contribution in [3.8, 4) is 0 Å². The highest BCUT2D eigenvalue weighted by Gasteiger charge is 2.06. The van der Waals surface area contributed by atoms with Gasteiger partial charge < -0.3 is 16.2 Å². The molecule has 18 heavy (non-hydrogen) atoms. The second kappa shape index (κ2) is 5.50. The van der Waals surface area contributed by atoms with Gasteiger partial charge in [0.05, 0.1) is 21.9 Å². The molecule has 2 rings (SSSR count). The predicted molar refractivity (Wildman–Crippen MR) is 72.1 cm³/mol. The van der Waals surface area contributed by atoms with Crippen LogP contribution >= 0.6 is 11.3 Å². The van der Waals surface area contributed by atoms with Crippen molar-refractivity contribution in [1.29, 1.82) is 0 Å². The second-order valence-electron chi connectivity index (χ2n) is 3.71. The van der Waals surface area contributed by atoms with Gasteiger partial charge >= 0.3 is 5.97 Å². The Morgan fingerprint density at radius 3 is 2.94 bits per heavy atom. The van der Waals surface area contributed by atoms with Crippen molar-refractivity contribution in [2.45, 2.75) is 6.42 Å². The smallest absolute Gasteiger partial charge is 0.335 e. The van der Waals surface area contributed by atoms with Gasteiger partial charge in [0.15, 0.2) is 0 Å². The van der Waals surface area contributed by atoms with Crippen LogP contribution < -0.4 is 11.1 Å². The predicted octanol–water partition coefficient (Wildman–Crippen LogP) is 2.08. The summed E-state index contributed by atoms with van der Waals surface area (Å²) in [7, 11) is 0. The molecular formula is C12H13N3O2S. The van der Waals surface area contributed by atoms with Crippen LogP contribution in [0, 0.1) is 0 Å². The van der Waals surface area contributed by atoms with Gasteiger partial charge in [-0.25, -0.2) is 9.78 Å². The van der Waals surface area contributed by atoms with Crippen LogP contribution in [0.15, 0.2) is 29.8 Å². The van der Waals surface area contributed by atoms with Gasteiger partial charge in [-0.15, -0.1) is 11.3 Å². The number of aromatic carboxylic acids is 1. The lowest BCUT2D eigenvalue weighted by molar-refractivity contribution is 0.0697. The summed E-state index contributed by atoms with van der Waals surface area (Å²) >= 11 is 1.61. The third-order valence-corrected chi connectivity index (χ3v) is 3.28. The van der Waals surface area contributed by atoms with Gasteiger partial charge in [-0.05, 0) is 18.2 Å². The maximum absolute atomic E-state index is 10.8. The Labute approximate surface area is 108 Å². The number of carbonyl (C=O) groups is 1. The van der Waals surface area contributed by atoms with E-state index in [0.717, 1.165) is 17.1 Å². The molecular weight excluding hydrogens is 250 g/mol. The second-order valence-corrected chi connectivity index (χ2v) is 4.69. The fourth-order valence-electron chi connectivity index (χ4n) is 1.54. The third kappa shape index (κ3) is 2.98. The van der Waals surface area contributed by atoms with Crippen molar-refractivity contribution in [2.24, 2.45) is 0 Å². The SMILES string of the molecule is Nc1cc(C(=O)O)ccc1NCCc1nccs1. The highest BCUT2D eigenvalue weighted by Crippen LogP contribution is 2.20. The topological polar surface area (TPSA) is 88.2 Å². The quantitative estimate of drug-likeness (QED) is 0.719. The standard InChI is InChI=1S/C12H13N3O2S/c13-9-7-8(12(16)17)1-2-10(9)14-4-3-11-15-5-6-18-11/h1-2,5-7,14H,3-4,13H2,(H,16,17). The Bertz CT molecular complexity index is 540. The summed E-state index contributed by atoms with van der Waals surface area (Å²) in [5.74, 6) is -0.976. The summed E-state index contributed by atoms with van der Waals surface area (Å²) in [6.07, 6.45) is 2.59. The minimum absolute atomic E-state index is 0.193. The van der Waals surface area contributed by atoms with Crippen molar-refractivity contribution in [3.05, 3.63) is 40.3 Å². The van der Waals surface area contributed by atoms with Crippen LogP contribution in [0.3, 0.4) is 0 Å². The number of anilines is 2. The summed E-state index contributed by atoms with van der Waals surface area (Å²) in [6, 6.07) is 4.67. The van der Waals surface area contributed by atoms with Gasteiger partial charge in [0, 0.05) is 24.5 Å². The summed E-state index contributed by atoms with van der Waals surface area (Å²) in [6.45, 7) is 0.712. The number of carboxylic acid groups (broad SMARTS) is 1. The lowest BCUT2D eigenvalue weighted by Gasteiger charge is -2.09. The van der Waals surface area contributed by atoms with E-state index < -0.39 is 5.97 Å². The van der Waals surface area contributed by atoms with E-state index in [0.29, 0.717) is 12.2 Å². The Morgan fingerprint density at radius 2 is 2.33 bits per heavy atom. The summed E-state index contributed by atoms with van der Waals surface area (Å²) < 4.78 is 0. The number of nitrogens with one attached hydrogen (secondary N) is 1. The summed E-state index contributed by atoms with van der Waals surface area (Å²) in [5, 5.41) is 15.0. The van der Waals surface area contributed by atoms with Crippen molar-refractivity contribution < 1.29 is 9.90 Å². The average molecular weight is 263 g/mol. The fourth-order valence-corrected chi connectivity index (χ4v) is 2.16. The molecule has 0 fully saturated rings. The maximum atomic E-state index is 10.8. The molecule has 0 amide bonds. The molecule has 1 aromatic heterocycles. The van der Waals surface area contributed by atoms with E-state index in [1.54, 1.807) is 23.6 Å². The first kappa shape index (κ1) is 12.4.